The average Bonchev–Trinajstić information content (AvgIpc) is 2.81. The summed E-state index contributed by atoms with van der Waals surface area (Å²) in [6, 6.07) is 15.7. The lowest BCUT2D eigenvalue weighted by Crippen LogP contribution is -2.57. The molecule has 2 aromatic carbocycles. The van der Waals surface area contributed by atoms with E-state index in [9.17, 15) is 13.2 Å². The third-order valence-electron chi connectivity index (χ3n) is 5.44. The number of esters is 1. The number of sulfonamides is 1. The average molecular weight is 473 g/mol. The Kier molecular flexibility index (Phi) is 9.13. The lowest BCUT2D eigenvalue weighted by atomic mass is 10.1. The molecule has 1 fully saturated rings. The zero-order chi connectivity index (χ0) is 23.7. The maximum atomic E-state index is 13.2. The Hall–Kier alpha value is -2.59. The molecular formula is C24H32N4O4S. The summed E-state index contributed by atoms with van der Waals surface area (Å²) in [6.07, 6.45) is 1.23. The van der Waals surface area contributed by atoms with Gasteiger partial charge < -0.3 is 15.5 Å². The van der Waals surface area contributed by atoms with Gasteiger partial charge in [0.05, 0.1) is 6.17 Å². The molecule has 2 atom stereocenters. The van der Waals surface area contributed by atoms with E-state index in [2.05, 4.69) is 15.4 Å². The molecule has 1 saturated heterocycles. The predicted molar refractivity (Wildman–Crippen MR) is 129 cm³/mol. The van der Waals surface area contributed by atoms with Crippen LogP contribution in [0.25, 0.3) is 0 Å². The van der Waals surface area contributed by atoms with Crippen molar-refractivity contribution in [2.45, 2.75) is 44.0 Å². The second kappa shape index (κ2) is 12.0. The van der Waals surface area contributed by atoms with Crippen LogP contribution in [0.15, 0.2) is 54.6 Å². The molecule has 1 aliphatic heterocycles. The van der Waals surface area contributed by atoms with Crippen molar-refractivity contribution in [2.24, 2.45) is 0 Å². The molecule has 1 heterocycles. The molecule has 8 nitrogen and oxygen atoms in total. The molecule has 1 aliphatic rings. The van der Waals surface area contributed by atoms with Crippen LogP contribution in [0.3, 0.4) is 0 Å². The van der Waals surface area contributed by atoms with Crippen LogP contribution in [0, 0.1) is 5.41 Å². The van der Waals surface area contributed by atoms with E-state index in [1.165, 1.54) is 0 Å². The molecule has 33 heavy (non-hydrogen) atoms. The maximum Gasteiger partial charge on any atom is 0.311 e. The first-order valence-corrected chi connectivity index (χ1v) is 12.8. The fourth-order valence-corrected chi connectivity index (χ4v) is 5.41. The van der Waals surface area contributed by atoms with Crippen LogP contribution in [0.1, 0.15) is 49.0 Å². The topological polar surface area (TPSA) is 120 Å². The molecule has 2 unspecified atom stereocenters. The second-order valence-electron chi connectivity index (χ2n) is 8.04. The van der Waals surface area contributed by atoms with E-state index in [-0.39, 0.29) is 12.8 Å². The Labute approximate surface area is 195 Å². The van der Waals surface area contributed by atoms with E-state index in [1.54, 1.807) is 48.5 Å². The number of ether oxygens (including phenoxy) is 1. The van der Waals surface area contributed by atoms with Crippen molar-refractivity contribution in [3.05, 3.63) is 65.7 Å². The minimum Gasteiger partial charge on any atom is -0.427 e. The fraction of sp³-hybridized carbons (Fsp3) is 0.417. The molecule has 3 rings (SSSR count). The highest BCUT2D eigenvalue weighted by Crippen LogP contribution is 2.27. The zero-order valence-electron chi connectivity index (χ0n) is 18.8. The van der Waals surface area contributed by atoms with Gasteiger partial charge in [0.2, 0.25) is 10.0 Å². The highest BCUT2D eigenvalue weighted by molar-refractivity contribution is 7.89. The number of rotatable bonds is 11. The van der Waals surface area contributed by atoms with Crippen LogP contribution >= 0.6 is 0 Å². The van der Waals surface area contributed by atoms with Crippen LogP contribution in [-0.4, -0.2) is 45.9 Å². The Balaban J connectivity index is 1.64. The smallest absolute Gasteiger partial charge is 0.311 e. The number of carbonyl (C=O) groups excluding carboxylic acids is 1. The lowest BCUT2D eigenvalue weighted by molar-refractivity contribution is -0.134. The summed E-state index contributed by atoms with van der Waals surface area (Å²) in [5.41, 5.74) is 1.96. The summed E-state index contributed by atoms with van der Waals surface area (Å²) in [6.45, 7) is 3.97. The van der Waals surface area contributed by atoms with Gasteiger partial charge in [-0.2, -0.15) is 4.72 Å². The van der Waals surface area contributed by atoms with E-state index >= 15 is 0 Å². The molecule has 0 spiro atoms. The number of benzene rings is 2. The van der Waals surface area contributed by atoms with Crippen LogP contribution in [-0.2, 0) is 14.8 Å². The summed E-state index contributed by atoms with van der Waals surface area (Å²) < 4.78 is 34.5. The molecule has 0 saturated carbocycles. The SMILES string of the molecule is CCCC(=N)c1ccc(OC(=O)CCC(c2ccccc2)S(=O)(=O)NC2CNCCN2)cc1. The molecule has 178 valence electrons. The third kappa shape index (κ3) is 7.46. The van der Waals surface area contributed by atoms with Crippen molar-refractivity contribution in [3.63, 3.8) is 0 Å². The van der Waals surface area contributed by atoms with Crippen LogP contribution < -0.4 is 20.1 Å². The molecule has 0 bridgehead atoms. The van der Waals surface area contributed by atoms with Crippen molar-refractivity contribution < 1.29 is 17.9 Å². The van der Waals surface area contributed by atoms with Crippen LogP contribution in [0.4, 0.5) is 0 Å². The Morgan fingerprint density at radius 3 is 2.48 bits per heavy atom. The lowest BCUT2D eigenvalue weighted by Gasteiger charge is -2.27. The van der Waals surface area contributed by atoms with E-state index in [0.29, 0.717) is 36.5 Å². The van der Waals surface area contributed by atoms with Gasteiger partial charge in [-0.1, -0.05) is 43.7 Å². The van der Waals surface area contributed by atoms with Gasteiger partial charge in [0.15, 0.2) is 0 Å². The number of hydrogen-bond acceptors (Lipinski definition) is 7. The number of carbonyl (C=O) groups is 1. The summed E-state index contributed by atoms with van der Waals surface area (Å²) >= 11 is 0. The summed E-state index contributed by atoms with van der Waals surface area (Å²) in [5.74, 6) is -0.122. The van der Waals surface area contributed by atoms with Crippen molar-refractivity contribution in [2.75, 3.05) is 19.6 Å². The van der Waals surface area contributed by atoms with Gasteiger partial charge in [-0.15, -0.1) is 0 Å². The Bertz CT molecular complexity index is 1020. The molecule has 0 aliphatic carbocycles. The quantitative estimate of drug-likeness (QED) is 0.227. The van der Waals surface area contributed by atoms with Gasteiger partial charge in [-0.3, -0.25) is 10.1 Å². The van der Waals surface area contributed by atoms with Gasteiger partial charge in [0.25, 0.3) is 0 Å². The van der Waals surface area contributed by atoms with Crippen molar-refractivity contribution in [1.82, 2.24) is 15.4 Å². The van der Waals surface area contributed by atoms with E-state index in [0.717, 1.165) is 18.5 Å². The number of nitrogens with one attached hydrogen (secondary N) is 4. The van der Waals surface area contributed by atoms with Crippen LogP contribution in [0.5, 0.6) is 5.75 Å². The van der Waals surface area contributed by atoms with Gasteiger partial charge in [-0.05, 0) is 48.2 Å². The first kappa shape index (κ1) is 25.0. The minimum atomic E-state index is -3.75. The van der Waals surface area contributed by atoms with Gasteiger partial charge in [0.1, 0.15) is 11.0 Å². The molecule has 0 aromatic heterocycles. The maximum absolute atomic E-state index is 13.2. The normalized spacial score (nSPS) is 17.3. The summed E-state index contributed by atoms with van der Waals surface area (Å²) in [5, 5.41) is 13.4. The Morgan fingerprint density at radius 2 is 1.85 bits per heavy atom. The van der Waals surface area contributed by atoms with Gasteiger partial charge >= 0.3 is 5.97 Å². The van der Waals surface area contributed by atoms with E-state index in [1.807, 2.05) is 13.0 Å². The van der Waals surface area contributed by atoms with E-state index < -0.39 is 27.4 Å². The molecule has 2 aromatic rings. The number of piperazine rings is 1. The highest BCUT2D eigenvalue weighted by Gasteiger charge is 2.30. The summed E-state index contributed by atoms with van der Waals surface area (Å²) in [4.78, 5) is 12.5. The monoisotopic (exact) mass is 472 g/mol. The summed E-state index contributed by atoms with van der Waals surface area (Å²) in [7, 11) is -3.75. The third-order valence-corrected chi connectivity index (χ3v) is 7.31. The molecular weight excluding hydrogens is 440 g/mol. The highest BCUT2D eigenvalue weighted by atomic mass is 32.2. The van der Waals surface area contributed by atoms with Crippen molar-refractivity contribution in [1.29, 1.82) is 5.41 Å². The molecule has 9 heteroatoms. The number of hydrogen-bond donors (Lipinski definition) is 4. The first-order valence-electron chi connectivity index (χ1n) is 11.3. The Morgan fingerprint density at radius 1 is 1.12 bits per heavy atom. The van der Waals surface area contributed by atoms with Crippen molar-refractivity contribution >= 4 is 21.7 Å². The fourth-order valence-electron chi connectivity index (χ4n) is 3.74. The van der Waals surface area contributed by atoms with Crippen LogP contribution in [0.2, 0.25) is 0 Å². The standard InChI is InChI=1S/C24H32N4O4S/c1-2-6-21(25)18-9-11-20(12-10-18)32-24(29)14-13-22(19-7-4-3-5-8-19)33(30,31)28-23-17-26-15-16-27-23/h3-5,7-12,22-23,25-28H,2,6,13-17H2,1H3. The molecule has 4 N–H and O–H groups in total. The minimum absolute atomic E-state index is 0.0514. The molecule has 0 radical (unpaired) electrons. The van der Waals surface area contributed by atoms with Crippen molar-refractivity contribution in [3.8, 4) is 5.75 Å². The first-order chi connectivity index (χ1) is 15.9. The molecule has 0 amide bonds. The van der Waals surface area contributed by atoms with E-state index in [4.69, 9.17) is 10.1 Å². The zero-order valence-corrected chi connectivity index (χ0v) is 19.7. The second-order valence-corrected chi connectivity index (χ2v) is 9.93. The predicted octanol–water partition coefficient (Wildman–Crippen LogP) is 2.72. The largest absolute Gasteiger partial charge is 0.427 e. The van der Waals surface area contributed by atoms with Gasteiger partial charge in [0, 0.05) is 31.8 Å². The van der Waals surface area contributed by atoms with Gasteiger partial charge in [-0.25, -0.2) is 8.42 Å².